The van der Waals surface area contributed by atoms with E-state index in [4.69, 9.17) is 27.9 Å². The van der Waals surface area contributed by atoms with Crippen LogP contribution in [0.5, 0.6) is 5.75 Å². The van der Waals surface area contributed by atoms with Crippen molar-refractivity contribution < 1.29 is 31.5 Å². The first kappa shape index (κ1) is 32.7. The van der Waals surface area contributed by atoms with E-state index in [1.54, 1.807) is 25.1 Å². The van der Waals surface area contributed by atoms with Crippen molar-refractivity contribution in [3.8, 4) is 5.75 Å². The molecule has 0 aliphatic heterocycles. The number of rotatable bonds is 12. The summed E-state index contributed by atoms with van der Waals surface area (Å²) in [6.07, 6.45) is 0. The number of nitrogens with one attached hydrogen (secondary N) is 2. The lowest BCUT2D eigenvalue weighted by Gasteiger charge is -2.29. The normalized spacial score (nSPS) is 11.8. The first-order valence-electron chi connectivity index (χ1n) is 13.2. The van der Waals surface area contributed by atoms with E-state index in [0.29, 0.717) is 21.2 Å². The molecule has 0 radical (unpaired) electrons. The van der Waals surface area contributed by atoms with Crippen LogP contribution < -0.4 is 14.8 Å². The van der Waals surface area contributed by atoms with Gasteiger partial charge < -0.3 is 15.0 Å². The van der Waals surface area contributed by atoms with Gasteiger partial charge >= 0.3 is 0 Å². The summed E-state index contributed by atoms with van der Waals surface area (Å²) in [5.41, 5.74) is 1.41. The highest BCUT2D eigenvalue weighted by atomic mass is 35.5. The molecule has 4 rings (SSSR count). The van der Waals surface area contributed by atoms with Gasteiger partial charge in [0, 0.05) is 28.8 Å². The number of hydrogen-bond acceptors (Lipinski definition) is 5. The first-order chi connectivity index (χ1) is 20.9. The summed E-state index contributed by atoms with van der Waals surface area (Å²) < 4.78 is 60.0. The van der Waals surface area contributed by atoms with E-state index in [1.807, 2.05) is 0 Å². The minimum absolute atomic E-state index is 0.00893. The third-order valence-electron chi connectivity index (χ3n) is 6.49. The third-order valence-corrected chi connectivity index (χ3v) is 8.48. The topological polar surface area (TPSA) is 105 Å². The Hall–Kier alpha value is -4.19. The maximum absolute atomic E-state index is 13.5. The van der Waals surface area contributed by atoms with Crippen molar-refractivity contribution in [3.05, 3.63) is 124 Å². The molecule has 4 aromatic rings. The van der Waals surface area contributed by atoms with Crippen LogP contribution in [0.2, 0.25) is 10.0 Å². The zero-order valence-electron chi connectivity index (χ0n) is 23.3. The zero-order valence-corrected chi connectivity index (χ0v) is 25.6. The SMILES string of the molecule is C[C@H](C(=O)NCc1ccc(Cl)cc1Cl)N(Cc1ccc(F)cc1)C(=O)COc1ccc(S(=O)(=O)Nc2ccc(F)cc2)cc1. The summed E-state index contributed by atoms with van der Waals surface area (Å²) in [5.74, 6) is -1.75. The number of sulfonamides is 1. The van der Waals surface area contributed by atoms with E-state index >= 15 is 0 Å². The Morgan fingerprint density at radius 2 is 1.50 bits per heavy atom. The molecule has 0 unspecified atom stereocenters. The summed E-state index contributed by atoms with van der Waals surface area (Å²) in [4.78, 5) is 27.6. The van der Waals surface area contributed by atoms with Gasteiger partial charge in [-0.1, -0.05) is 41.4 Å². The average molecular weight is 663 g/mol. The van der Waals surface area contributed by atoms with Crippen LogP contribution >= 0.6 is 23.2 Å². The van der Waals surface area contributed by atoms with E-state index in [2.05, 4.69) is 10.0 Å². The van der Waals surface area contributed by atoms with Gasteiger partial charge in [-0.2, -0.15) is 0 Å². The Kier molecular flexibility index (Phi) is 10.8. The summed E-state index contributed by atoms with van der Waals surface area (Å²) in [6.45, 7) is 1.17. The predicted octanol–water partition coefficient (Wildman–Crippen LogP) is 6.18. The van der Waals surface area contributed by atoms with Crippen LogP contribution in [-0.2, 0) is 32.7 Å². The summed E-state index contributed by atoms with van der Waals surface area (Å²) in [6, 6.07) is 19.6. The first-order valence-corrected chi connectivity index (χ1v) is 15.4. The van der Waals surface area contributed by atoms with Gasteiger partial charge in [0.1, 0.15) is 23.4 Å². The molecule has 44 heavy (non-hydrogen) atoms. The minimum atomic E-state index is -3.97. The monoisotopic (exact) mass is 661 g/mol. The van der Waals surface area contributed by atoms with E-state index in [0.717, 1.165) is 12.1 Å². The van der Waals surface area contributed by atoms with Crippen LogP contribution in [0.3, 0.4) is 0 Å². The molecule has 1 atom stereocenters. The van der Waals surface area contributed by atoms with Crippen molar-refractivity contribution in [2.75, 3.05) is 11.3 Å². The fourth-order valence-corrected chi connectivity index (χ4v) is 5.57. The Morgan fingerprint density at radius 3 is 2.11 bits per heavy atom. The van der Waals surface area contributed by atoms with Crippen molar-refractivity contribution in [1.29, 1.82) is 0 Å². The Balaban J connectivity index is 1.42. The molecular formula is C31H27Cl2F2N3O5S. The molecule has 13 heteroatoms. The number of benzene rings is 4. The lowest BCUT2D eigenvalue weighted by Crippen LogP contribution is -2.48. The Bertz CT molecular complexity index is 1720. The molecule has 0 spiro atoms. The molecule has 0 heterocycles. The van der Waals surface area contributed by atoms with Crippen LogP contribution in [0.1, 0.15) is 18.1 Å². The van der Waals surface area contributed by atoms with Gasteiger partial charge in [-0.15, -0.1) is 0 Å². The van der Waals surface area contributed by atoms with Gasteiger partial charge in [0.05, 0.1) is 4.90 Å². The molecule has 2 amide bonds. The number of hydrogen-bond donors (Lipinski definition) is 2. The van der Waals surface area contributed by atoms with Crippen molar-refractivity contribution in [1.82, 2.24) is 10.2 Å². The maximum atomic E-state index is 13.5. The number of carbonyl (C=O) groups excluding carboxylic acids is 2. The van der Waals surface area contributed by atoms with Gasteiger partial charge in [0.15, 0.2) is 6.61 Å². The van der Waals surface area contributed by atoms with Crippen LogP contribution in [0, 0.1) is 11.6 Å². The second-order valence-electron chi connectivity index (χ2n) is 9.65. The predicted molar refractivity (Wildman–Crippen MR) is 164 cm³/mol. The molecule has 230 valence electrons. The van der Waals surface area contributed by atoms with Crippen LogP contribution in [0.15, 0.2) is 95.9 Å². The average Bonchev–Trinajstić information content (AvgIpc) is 3.00. The molecule has 0 fully saturated rings. The van der Waals surface area contributed by atoms with Crippen LogP contribution in [0.25, 0.3) is 0 Å². The highest BCUT2D eigenvalue weighted by Gasteiger charge is 2.27. The van der Waals surface area contributed by atoms with E-state index in [-0.39, 0.29) is 29.4 Å². The van der Waals surface area contributed by atoms with Gasteiger partial charge in [-0.05, 0) is 90.8 Å². The third kappa shape index (κ3) is 8.91. The summed E-state index contributed by atoms with van der Waals surface area (Å²) >= 11 is 12.1. The molecule has 8 nitrogen and oxygen atoms in total. The fourth-order valence-electron chi connectivity index (χ4n) is 4.04. The van der Waals surface area contributed by atoms with Crippen LogP contribution in [0.4, 0.5) is 14.5 Å². The number of ether oxygens (including phenoxy) is 1. The lowest BCUT2D eigenvalue weighted by molar-refractivity contribution is -0.142. The number of amides is 2. The molecule has 0 aliphatic rings. The maximum Gasteiger partial charge on any atom is 0.261 e. The smallest absolute Gasteiger partial charge is 0.261 e. The molecule has 0 aromatic heterocycles. The van der Waals surface area contributed by atoms with E-state index in [1.165, 1.54) is 65.6 Å². The molecular weight excluding hydrogens is 635 g/mol. The summed E-state index contributed by atoms with van der Waals surface area (Å²) in [7, 11) is -3.97. The molecule has 0 bridgehead atoms. The molecule has 0 aliphatic carbocycles. The standard InChI is InChI=1S/C31H27Cl2F2N3O5S/c1-20(31(40)36-17-22-4-5-23(32)16-29(22)33)38(18-21-2-6-24(34)7-3-21)30(39)19-43-27-12-14-28(15-13-27)44(41,42)37-26-10-8-25(35)9-11-26/h2-16,20,37H,17-19H2,1H3,(H,36,40)/t20-/m1/s1. The fraction of sp³-hybridized carbons (Fsp3) is 0.161. The molecule has 0 saturated heterocycles. The number of carbonyl (C=O) groups is 2. The summed E-state index contributed by atoms with van der Waals surface area (Å²) in [5, 5.41) is 3.59. The second-order valence-corrected chi connectivity index (χ2v) is 12.2. The highest BCUT2D eigenvalue weighted by Crippen LogP contribution is 2.22. The van der Waals surface area contributed by atoms with Crippen molar-refractivity contribution in [2.24, 2.45) is 0 Å². The van der Waals surface area contributed by atoms with Gasteiger partial charge in [-0.25, -0.2) is 17.2 Å². The van der Waals surface area contributed by atoms with Crippen LogP contribution in [-0.4, -0.2) is 37.8 Å². The highest BCUT2D eigenvalue weighted by molar-refractivity contribution is 7.92. The van der Waals surface area contributed by atoms with E-state index < -0.39 is 46.1 Å². The van der Waals surface area contributed by atoms with Gasteiger partial charge in [0.25, 0.3) is 15.9 Å². The second kappa shape index (κ2) is 14.5. The van der Waals surface area contributed by atoms with Crippen molar-refractivity contribution >= 4 is 50.7 Å². The Labute approximate surface area is 263 Å². The number of anilines is 1. The number of nitrogens with zero attached hydrogens (tertiary/aromatic N) is 1. The van der Waals surface area contributed by atoms with Gasteiger partial charge in [-0.3, -0.25) is 14.3 Å². The Morgan fingerprint density at radius 1 is 0.886 bits per heavy atom. The quantitative estimate of drug-likeness (QED) is 0.189. The minimum Gasteiger partial charge on any atom is -0.484 e. The van der Waals surface area contributed by atoms with Gasteiger partial charge in [0.2, 0.25) is 5.91 Å². The number of halogens is 4. The molecule has 2 N–H and O–H groups in total. The van der Waals surface area contributed by atoms with E-state index in [9.17, 15) is 26.8 Å². The van der Waals surface area contributed by atoms with Crippen molar-refractivity contribution in [3.63, 3.8) is 0 Å². The molecule has 0 saturated carbocycles. The lowest BCUT2D eigenvalue weighted by atomic mass is 10.1. The largest absolute Gasteiger partial charge is 0.484 e. The molecule has 4 aromatic carbocycles. The zero-order chi connectivity index (χ0) is 31.9. The van der Waals surface area contributed by atoms with Crippen molar-refractivity contribution in [2.45, 2.75) is 31.0 Å².